The summed E-state index contributed by atoms with van der Waals surface area (Å²) in [5.74, 6) is 0.287. The van der Waals surface area contributed by atoms with Crippen molar-refractivity contribution in [1.29, 1.82) is 0 Å². The summed E-state index contributed by atoms with van der Waals surface area (Å²) in [6.45, 7) is 1.68. The summed E-state index contributed by atoms with van der Waals surface area (Å²) >= 11 is 0. The lowest BCUT2D eigenvalue weighted by Gasteiger charge is -2.09. The van der Waals surface area contributed by atoms with E-state index in [0.717, 1.165) is 0 Å². The van der Waals surface area contributed by atoms with Gasteiger partial charge in [0.15, 0.2) is 0 Å². The van der Waals surface area contributed by atoms with Crippen LogP contribution >= 0.6 is 0 Å². The molecule has 76 valence electrons. The van der Waals surface area contributed by atoms with Gasteiger partial charge in [-0.2, -0.15) is 0 Å². The van der Waals surface area contributed by atoms with E-state index in [4.69, 9.17) is 5.73 Å². The number of ketones is 1. The maximum atomic E-state index is 11.1. The van der Waals surface area contributed by atoms with Gasteiger partial charge in [0.05, 0.1) is 6.20 Å². The van der Waals surface area contributed by atoms with Crippen molar-refractivity contribution in [2.75, 3.05) is 11.9 Å². The van der Waals surface area contributed by atoms with Gasteiger partial charge in [0.25, 0.3) is 5.82 Å². The van der Waals surface area contributed by atoms with Crippen molar-refractivity contribution in [3.05, 3.63) is 29.6 Å². The summed E-state index contributed by atoms with van der Waals surface area (Å²) in [5, 5.41) is 13.9. The van der Waals surface area contributed by atoms with Crippen LogP contribution in [0.1, 0.15) is 6.92 Å². The van der Waals surface area contributed by atoms with Crippen LogP contribution in [0.4, 0.5) is 5.82 Å². The molecule has 0 aromatic carbocycles. The lowest BCUT2D eigenvalue weighted by atomic mass is 10.2. The molecule has 0 spiro atoms. The zero-order valence-corrected chi connectivity index (χ0v) is 7.93. The molecule has 5 nitrogen and oxygen atoms in total. The molecule has 3 N–H and O–H groups in total. The van der Waals surface area contributed by atoms with E-state index in [0.29, 0.717) is 10.5 Å². The Kier molecular flexibility index (Phi) is 3.41. The maximum Gasteiger partial charge on any atom is 0.277 e. The highest BCUT2D eigenvalue weighted by atomic mass is 16.5. The van der Waals surface area contributed by atoms with E-state index in [2.05, 4.69) is 5.32 Å². The second-order valence-corrected chi connectivity index (χ2v) is 3.01. The molecule has 0 saturated carbocycles. The summed E-state index contributed by atoms with van der Waals surface area (Å²) in [6.07, 6.45) is 1.38. The molecule has 0 aliphatic carbocycles. The Morgan fingerprint density at radius 3 is 3.00 bits per heavy atom. The van der Waals surface area contributed by atoms with Crippen LogP contribution in [0, 0.1) is 5.21 Å². The molecular formula is C9H13N3O2. The second kappa shape index (κ2) is 4.57. The van der Waals surface area contributed by atoms with Gasteiger partial charge in [0.1, 0.15) is 18.4 Å². The first-order valence-corrected chi connectivity index (χ1v) is 4.29. The quantitative estimate of drug-likeness (QED) is 0.508. The van der Waals surface area contributed by atoms with Crippen molar-refractivity contribution in [2.24, 2.45) is 5.73 Å². The van der Waals surface area contributed by atoms with Crippen LogP contribution in [-0.4, -0.2) is 18.4 Å². The Labute approximate surface area is 82.1 Å². The van der Waals surface area contributed by atoms with Gasteiger partial charge >= 0.3 is 0 Å². The van der Waals surface area contributed by atoms with E-state index in [-0.39, 0.29) is 12.3 Å². The molecule has 0 bridgehead atoms. The normalized spacial score (nSPS) is 12.1. The van der Waals surface area contributed by atoms with Crippen LogP contribution in [-0.2, 0) is 4.79 Å². The van der Waals surface area contributed by atoms with E-state index in [1.807, 2.05) is 0 Å². The number of Topliss-reactive ketones (excluding diaryl/α,β-unsaturated/α-hetero) is 1. The van der Waals surface area contributed by atoms with Crippen LogP contribution in [0.5, 0.6) is 0 Å². The molecule has 1 heterocycles. The molecule has 0 aliphatic rings. The third-order valence-corrected chi connectivity index (χ3v) is 1.85. The van der Waals surface area contributed by atoms with E-state index in [1.54, 1.807) is 18.2 Å². The zero-order valence-electron chi connectivity index (χ0n) is 7.93. The fourth-order valence-electron chi connectivity index (χ4n) is 0.923. The van der Waals surface area contributed by atoms with Crippen LogP contribution in [0.3, 0.4) is 0 Å². The Bertz CT molecular complexity index is 328. The largest absolute Gasteiger partial charge is 0.711 e. The predicted molar refractivity (Wildman–Crippen MR) is 52.5 cm³/mol. The topological polar surface area (TPSA) is 82.1 Å². The molecule has 0 amide bonds. The van der Waals surface area contributed by atoms with Gasteiger partial charge in [0.2, 0.25) is 0 Å². The molecule has 0 radical (unpaired) electrons. The lowest BCUT2D eigenvalue weighted by molar-refractivity contribution is -0.590. The van der Waals surface area contributed by atoms with Crippen molar-refractivity contribution in [3.63, 3.8) is 0 Å². The SMILES string of the molecule is CC(=O)C(N)CNc1cccc[n+]1[O-]. The van der Waals surface area contributed by atoms with Gasteiger partial charge in [-0.05, 0) is 13.0 Å². The summed E-state index contributed by atoms with van der Waals surface area (Å²) in [6, 6.07) is 4.41. The van der Waals surface area contributed by atoms with E-state index >= 15 is 0 Å². The van der Waals surface area contributed by atoms with Gasteiger partial charge in [0, 0.05) is 6.07 Å². The minimum absolute atomic E-state index is 0.106. The summed E-state index contributed by atoms with van der Waals surface area (Å²) < 4.78 is 0.687. The predicted octanol–water partition coefficient (Wildman–Crippen LogP) is -0.352. The van der Waals surface area contributed by atoms with Crippen molar-refractivity contribution >= 4 is 11.6 Å². The molecule has 5 heteroatoms. The first kappa shape index (κ1) is 10.5. The molecule has 1 atom stereocenters. The fourth-order valence-corrected chi connectivity index (χ4v) is 0.923. The number of anilines is 1. The fraction of sp³-hybridized carbons (Fsp3) is 0.333. The number of aromatic nitrogens is 1. The maximum absolute atomic E-state index is 11.1. The van der Waals surface area contributed by atoms with Crippen LogP contribution < -0.4 is 15.8 Å². The standard InChI is InChI=1S/C9H13N3O2/c1-7(13)8(10)6-11-9-4-2-3-5-12(9)14/h2-5,8,11H,6,10H2,1H3. The number of nitrogens with two attached hydrogens (primary N) is 1. The minimum Gasteiger partial charge on any atom is -0.711 e. The van der Waals surface area contributed by atoms with Crippen LogP contribution in [0.25, 0.3) is 0 Å². The molecule has 1 unspecified atom stereocenters. The third-order valence-electron chi connectivity index (χ3n) is 1.85. The molecule has 1 aromatic rings. The number of carbonyl (C=O) groups excluding carboxylic acids is 1. The van der Waals surface area contributed by atoms with Gasteiger partial charge in [-0.3, -0.25) is 10.1 Å². The highest BCUT2D eigenvalue weighted by Gasteiger charge is 2.11. The Morgan fingerprint density at radius 1 is 1.71 bits per heavy atom. The Morgan fingerprint density at radius 2 is 2.43 bits per heavy atom. The van der Waals surface area contributed by atoms with E-state index < -0.39 is 6.04 Å². The first-order chi connectivity index (χ1) is 6.61. The van der Waals surface area contributed by atoms with Crippen molar-refractivity contribution in [2.45, 2.75) is 13.0 Å². The smallest absolute Gasteiger partial charge is 0.277 e. The Balaban J connectivity index is 2.54. The van der Waals surface area contributed by atoms with Crippen molar-refractivity contribution in [1.82, 2.24) is 0 Å². The lowest BCUT2D eigenvalue weighted by Crippen LogP contribution is -2.39. The molecule has 0 aliphatic heterocycles. The monoisotopic (exact) mass is 195 g/mol. The van der Waals surface area contributed by atoms with Crippen molar-refractivity contribution in [3.8, 4) is 0 Å². The number of rotatable bonds is 4. The van der Waals surface area contributed by atoms with Gasteiger partial charge in [-0.1, -0.05) is 6.07 Å². The number of carbonyl (C=O) groups is 1. The number of nitrogens with zero attached hydrogens (tertiary/aromatic N) is 1. The number of pyridine rings is 1. The van der Waals surface area contributed by atoms with Crippen LogP contribution in [0.15, 0.2) is 24.4 Å². The summed E-state index contributed by atoms with van der Waals surface area (Å²) in [7, 11) is 0. The Hall–Kier alpha value is -1.62. The number of nitrogens with one attached hydrogen (secondary N) is 1. The highest BCUT2D eigenvalue weighted by molar-refractivity contribution is 5.81. The van der Waals surface area contributed by atoms with Crippen LogP contribution in [0.2, 0.25) is 0 Å². The average molecular weight is 195 g/mol. The van der Waals surface area contributed by atoms with E-state index in [9.17, 15) is 10.0 Å². The molecular weight excluding hydrogens is 182 g/mol. The third kappa shape index (κ3) is 2.70. The first-order valence-electron chi connectivity index (χ1n) is 4.29. The van der Waals surface area contributed by atoms with Gasteiger partial charge < -0.3 is 10.9 Å². The average Bonchev–Trinajstić information content (AvgIpc) is 2.16. The van der Waals surface area contributed by atoms with Gasteiger partial charge in [-0.25, -0.2) is 4.73 Å². The molecule has 1 aromatic heterocycles. The molecule has 14 heavy (non-hydrogen) atoms. The minimum atomic E-state index is -0.574. The van der Waals surface area contributed by atoms with Gasteiger partial charge in [-0.15, -0.1) is 0 Å². The molecule has 1 rings (SSSR count). The summed E-state index contributed by atoms with van der Waals surface area (Å²) in [4.78, 5) is 10.8. The summed E-state index contributed by atoms with van der Waals surface area (Å²) in [5.41, 5.74) is 5.49. The van der Waals surface area contributed by atoms with E-state index in [1.165, 1.54) is 13.1 Å². The molecule has 0 saturated heterocycles. The zero-order chi connectivity index (χ0) is 10.6. The number of hydrogen-bond donors (Lipinski definition) is 2. The van der Waals surface area contributed by atoms with Crippen molar-refractivity contribution < 1.29 is 9.52 Å². The highest BCUT2D eigenvalue weighted by Crippen LogP contribution is 1.97. The number of hydrogen-bond acceptors (Lipinski definition) is 4. The second-order valence-electron chi connectivity index (χ2n) is 3.01. The molecule has 0 fully saturated rings.